The Morgan fingerprint density at radius 1 is 1.40 bits per heavy atom. The Balaban J connectivity index is 1.63. The van der Waals surface area contributed by atoms with E-state index in [-0.39, 0.29) is 10.9 Å². The molecule has 1 unspecified atom stereocenters. The van der Waals surface area contributed by atoms with Gasteiger partial charge in [0.25, 0.3) is 0 Å². The number of halogens is 2. The van der Waals surface area contributed by atoms with Crippen LogP contribution in [0.3, 0.4) is 0 Å². The van der Waals surface area contributed by atoms with Crippen LogP contribution < -0.4 is 5.32 Å². The van der Waals surface area contributed by atoms with Crippen molar-refractivity contribution in [2.45, 2.75) is 55.5 Å². The Labute approximate surface area is 154 Å². The third-order valence-corrected chi connectivity index (χ3v) is 5.56. The molecule has 0 radical (unpaired) electrons. The maximum atomic E-state index is 13.2. The molecule has 1 aliphatic rings. The van der Waals surface area contributed by atoms with Crippen LogP contribution in [-0.2, 0) is 4.79 Å². The van der Waals surface area contributed by atoms with Crippen molar-refractivity contribution in [2.24, 2.45) is 0 Å². The molecule has 0 spiro atoms. The minimum atomic E-state index is -0.520. The first kappa shape index (κ1) is 18.1. The van der Waals surface area contributed by atoms with Gasteiger partial charge in [0.05, 0.1) is 16.3 Å². The van der Waals surface area contributed by atoms with Gasteiger partial charge in [-0.3, -0.25) is 4.79 Å². The van der Waals surface area contributed by atoms with Crippen LogP contribution in [-0.4, -0.2) is 31.4 Å². The summed E-state index contributed by atoms with van der Waals surface area (Å²) in [5.41, 5.74) is 0.454. The minimum Gasteiger partial charge on any atom is -0.325 e. The first-order chi connectivity index (χ1) is 12.0. The molecule has 1 atom stereocenters. The van der Waals surface area contributed by atoms with E-state index in [0.717, 1.165) is 12.8 Å². The highest BCUT2D eigenvalue weighted by molar-refractivity contribution is 8.00. The highest BCUT2D eigenvalue weighted by Crippen LogP contribution is 2.31. The van der Waals surface area contributed by atoms with E-state index >= 15 is 0 Å². The highest BCUT2D eigenvalue weighted by atomic mass is 35.5. The molecule has 1 saturated carbocycles. The van der Waals surface area contributed by atoms with Crippen LogP contribution in [0.5, 0.6) is 0 Å². The lowest BCUT2D eigenvalue weighted by Gasteiger charge is -2.22. The van der Waals surface area contributed by atoms with Gasteiger partial charge in [-0.25, -0.2) is 9.07 Å². The predicted octanol–water partition coefficient (Wildman–Crippen LogP) is 4.09. The molecule has 9 heteroatoms. The first-order valence-corrected chi connectivity index (χ1v) is 9.51. The molecule has 0 bridgehead atoms. The second kappa shape index (κ2) is 8.14. The molecule has 1 aliphatic carbocycles. The summed E-state index contributed by atoms with van der Waals surface area (Å²) >= 11 is 7.05. The largest absolute Gasteiger partial charge is 0.325 e. The molecule has 1 aromatic carbocycles. The van der Waals surface area contributed by atoms with E-state index in [9.17, 15) is 9.18 Å². The minimum absolute atomic E-state index is 0.0284. The van der Waals surface area contributed by atoms with E-state index in [0.29, 0.717) is 16.9 Å². The molecule has 2 aromatic rings. The fourth-order valence-corrected chi connectivity index (χ4v) is 3.89. The summed E-state index contributed by atoms with van der Waals surface area (Å²) in [5.74, 6) is -0.736. The summed E-state index contributed by atoms with van der Waals surface area (Å²) in [6.45, 7) is 1.78. The SMILES string of the molecule is CC(Sc1nnnn1C1CCCCC1)C(=O)Nc1ccc(F)c(Cl)c1. The van der Waals surface area contributed by atoms with E-state index in [1.807, 2.05) is 4.68 Å². The van der Waals surface area contributed by atoms with Gasteiger partial charge in [-0.05, 0) is 48.4 Å². The summed E-state index contributed by atoms with van der Waals surface area (Å²) in [6.07, 6.45) is 5.73. The van der Waals surface area contributed by atoms with Gasteiger partial charge in [0.1, 0.15) is 5.82 Å². The van der Waals surface area contributed by atoms with E-state index in [1.54, 1.807) is 6.92 Å². The molecule has 1 N–H and O–H groups in total. The Bertz CT molecular complexity index is 750. The number of hydrogen-bond acceptors (Lipinski definition) is 5. The lowest BCUT2D eigenvalue weighted by molar-refractivity contribution is -0.115. The number of aromatic nitrogens is 4. The highest BCUT2D eigenvalue weighted by Gasteiger charge is 2.24. The van der Waals surface area contributed by atoms with Crippen molar-refractivity contribution in [3.05, 3.63) is 29.0 Å². The Morgan fingerprint density at radius 2 is 2.16 bits per heavy atom. The summed E-state index contributed by atoms with van der Waals surface area (Å²) in [6, 6.07) is 4.39. The van der Waals surface area contributed by atoms with Gasteiger partial charge in [0, 0.05) is 5.69 Å². The van der Waals surface area contributed by atoms with Crippen molar-refractivity contribution in [1.29, 1.82) is 0 Å². The fourth-order valence-electron chi connectivity index (χ4n) is 2.85. The topological polar surface area (TPSA) is 72.7 Å². The van der Waals surface area contributed by atoms with Crippen LogP contribution in [0.1, 0.15) is 45.1 Å². The van der Waals surface area contributed by atoms with Crippen LogP contribution >= 0.6 is 23.4 Å². The number of tetrazole rings is 1. The number of rotatable bonds is 5. The van der Waals surface area contributed by atoms with Crippen LogP contribution in [0.15, 0.2) is 23.4 Å². The number of amides is 1. The van der Waals surface area contributed by atoms with E-state index in [1.165, 1.54) is 49.2 Å². The first-order valence-electron chi connectivity index (χ1n) is 8.25. The zero-order valence-electron chi connectivity index (χ0n) is 13.8. The van der Waals surface area contributed by atoms with Crippen molar-refractivity contribution < 1.29 is 9.18 Å². The average molecular weight is 384 g/mol. The molecule has 3 rings (SSSR count). The zero-order chi connectivity index (χ0) is 17.8. The molecule has 1 heterocycles. The standard InChI is InChI=1S/C16H19ClFN5OS/c1-10(15(24)19-11-7-8-14(18)13(17)9-11)25-16-20-21-22-23(16)12-5-3-2-4-6-12/h7-10,12H,2-6H2,1H3,(H,19,24). The number of nitrogens with zero attached hydrogens (tertiary/aromatic N) is 4. The second-order valence-corrected chi connectivity index (χ2v) is 7.79. The average Bonchev–Trinajstić information content (AvgIpc) is 3.07. The van der Waals surface area contributed by atoms with Crippen molar-refractivity contribution in [3.63, 3.8) is 0 Å². The van der Waals surface area contributed by atoms with Gasteiger partial charge in [-0.1, -0.05) is 42.6 Å². The van der Waals surface area contributed by atoms with E-state index in [4.69, 9.17) is 11.6 Å². The van der Waals surface area contributed by atoms with Crippen molar-refractivity contribution in [3.8, 4) is 0 Å². The maximum absolute atomic E-state index is 13.2. The van der Waals surface area contributed by atoms with Gasteiger partial charge in [-0.15, -0.1) is 5.10 Å². The lowest BCUT2D eigenvalue weighted by atomic mass is 9.96. The molecule has 0 saturated heterocycles. The van der Waals surface area contributed by atoms with Gasteiger partial charge in [0.15, 0.2) is 0 Å². The normalized spacial score (nSPS) is 16.6. The number of nitrogens with one attached hydrogen (secondary N) is 1. The molecule has 1 amide bonds. The van der Waals surface area contributed by atoms with Gasteiger partial charge >= 0.3 is 0 Å². The molecule has 1 aromatic heterocycles. The van der Waals surface area contributed by atoms with Gasteiger partial charge in [-0.2, -0.15) is 0 Å². The third-order valence-electron chi connectivity index (χ3n) is 4.22. The van der Waals surface area contributed by atoms with Crippen LogP contribution in [0.25, 0.3) is 0 Å². The van der Waals surface area contributed by atoms with Crippen molar-refractivity contribution in [1.82, 2.24) is 20.2 Å². The monoisotopic (exact) mass is 383 g/mol. The second-order valence-electron chi connectivity index (χ2n) is 6.08. The molecular formula is C16H19ClFN5OS. The number of anilines is 1. The summed E-state index contributed by atoms with van der Waals surface area (Å²) in [5, 5.41) is 14.9. The quantitative estimate of drug-likeness (QED) is 0.787. The number of hydrogen-bond donors (Lipinski definition) is 1. The molecule has 25 heavy (non-hydrogen) atoms. The van der Waals surface area contributed by atoms with Crippen LogP contribution in [0.4, 0.5) is 10.1 Å². The fraction of sp³-hybridized carbons (Fsp3) is 0.500. The molecule has 6 nitrogen and oxygen atoms in total. The van der Waals surface area contributed by atoms with Crippen LogP contribution in [0, 0.1) is 5.82 Å². The van der Waals surface area contributed by atoms with Crippen molar-refractivity contribution >= 4 is 35.0 Å². The third kappa shape index (κ3) is 4.49. The smallest absolute Gasteiger partial charge is 0.237 e. The lowest BCUT2D eigenvalue weighted by Crippen LogP contribution is -2.23. The van der Waals surface area contributed by atoms with Gasteiger partial charge < -0.3 is 5.32 Å². The molecule has 1 fully saturated rings. The summed E-state index contributed by atoms with van der Waals surface area (Å²) < 4.78 is 15.0. The Hall–Kier alpha value is -1.67. The van der Waals surface area contributed by atoms with Crippen molar-refractivity contribution in [2.75, 3.05) is 5.32 Å². The van der Waals surface area contributed by atoms with E-state index < -0.39 is 11.1 Å². The zero-order valence-corrected chi connectivity index (χ0v) is 15.4. The number of benzene rings is 1. The maximum Gasteiger partial charge on any atom is 0.237 e. The summed E-state index contributed by atoms with van der Waals surface area (Å²) in [7, 11) is 0. The van der Waals surface area contributed by atoms with Crippen LogP contribution in [0.2, 0.25) is 5.02 Å². The Morgan fingerprint density at radius 3 is 2.88 bits per heavy atom. The number of carbonyl (C=O) groups is 1. The molecular weight excluding hydrogens is 365 g/mol. The van der Waals surface area contributed by atoms with Gasteiger partial charge in [0.2, 0.25) is 11.1 Å². The van der Waals surface area contributed by atoms with E-state index in [2.05, 4.69) is 20.8 Å². The number of carbonyl (C=O) groups excluding carboxylic acids is 1. The number of thioether (sulfide) groups is 1. The molecule has 0 aliphatic heterocycles. The molecule has 134 valence electrons. The predicted molar refractivity (Wildman–Crippen MR) is 95.3 cm³/mol. The Kier molecular flexibility index (Phi) is 5.90. The summed E-state index contributed by atoms with van der Waals surface area (Å²) in [4.78, 5) is 12.4.